The molecule has 0 N–H and O–H groups in total. The van der Waals surface area contributed by atoms with Crippen molar-refractivity contribution in [2.45, 2.75) is 59.5 Å². The molecule has 4 aromatic rings. The van der Waals surface area contributed by atoms with Crippen LogP contribution in [0.3, 0.4) is 0 Å². The van der Waals surface area contributed by atoms with E-state index in [1.165, 1.54) is 55.2 Å². The summed E-state index contributed by atoms with van der Waals surface area (Å²) in [6, 6.07) is 44.6. The molecule has 6 atom stereocenters. The Morgan fingerprint density at radius 3 is 1.10 bits per heavy atom. The molecule has 1 saturated heterocycles. The van der Waals surface area contributed by atoms with Crippen LogP contribution in [-0.4, -0.2) is 30.3 Å². The molecule has 4 unspecified atom stereocenters. The van der Waals surface area contributed by atoms with Gasteiger partial charge >= 0.3 is 0 Å². The van der Waals surface area contributed by atoms with Gasteiger partial charge in [-0.1, -0.05) is 146 Å². The van der Waals surface area contributed by atoms with E-state index in [9.17, 15) is 0 Å². The van der Waals surface area contributed by atoms with E-state index in [0.29, 0.717) is 0 Å². The molecule has 0 radical (unpaired) electrons. The van der Waals surface area contributed by atoms with Crippen molar-refractivity contribution in [3.05, 3.63) is 165 Å². The van der Waals surface area contributed by atoms with Crippen LogP contribution in [-0.2, 0) is 9.47 Å². The summed E-state index contributed by atoms with van der Waals surface area (Å²) < 4.78 is 14.6. The molecule has 5 heterocycles. The molecular formula is C45H44O2P2. The molecule has 9 rings (SSSR count). The maximum Gasteiger partial charge on any atom is 0.164 e. The number of ether oxygens (including phenoxy) is 2. The molecule has 1 fully saturated rings. The monoisotopic (exact) mass is 678 g/mol. The lowest BCUT2D eigenvalue weighted by molar-refractivity contribution is -0.139. The molecule has 4 heteroatoms. The molecule has 0 aliphatic carbocycles. The van der Waals surface area contributed by atoms with Gasteiger partial charge < -0.3 is 9.47 Å². The van der Waals surface area contributed by atoms with Gasteiger partial charge in [-0.2, -0.15) is 0 Å². The van der Waals surface area contributed by atoms with Crippen LogP contribution in [0.25, 0.3) is 21.8 Å². The minimum atomic E-state index is -0.714. The van der Waals surface area contributed by atoms with E-state index in [-0.39, 0.29) is 23.0 Å². The van der Waals surface area contributed by atoms with Crippen LogP contribution in [0, 0.1) is 10.8 Å². The first-order chi connectivity index (χ1) is 23.6. The zero-order valence-electron chi connectivity index (χ0n) is 29.3. The fraction of sp³-hybridized carbons (Fsp3) is 0.289. The molecule has 0 aromatic heterocycles. The summed E-state index contributed by atoms with van der Waals surface area (Å²) in [5.74, 6) is -0.714. The Balaban J connectivity index is 1.28. The molecule has 49 heavy (non-hydrogen) atoms. The van der Waals surface area contributed by atoms with Crippen LogP contribution in [0.5, 0.6) is 0 Å². The van der Waals surface area contributed by atoms with Crippen LogP contribution in [0.15, 0.2) is 143 Å². The number of hydrogen-bond acceptors (Lipinski definition) is 2. The molecule has 0 saturated carbocycles. The average molecular weight is 679 g/mol. The van der Waals surface area contributed by atoms with E-state index in [0.717, 1.165) is 12.3 Å². The van der Waals surface area contributed by atoms with Crippen molar-refractivity contribution in [3.63, 3.8) is 0 Å². The summed E-state index contributed by atoms with van der Waals surface area (Å²) in [6.45, 7) is 14.1. The van der Waals surface area contributed by atoms with Gasteiger partial charge in [-0.25, -0.2) is 0 Å². The number of hydrogen-bond donors (Lipinski definition) is 0. The Bertz CT molecular complexity index is 1940. The summed E-state index contributed by atoms with van der Waals surface area (Å²) in [4.78, 5) is 0. The molecule has 5 aliphatic heterocycles. The van der Waals surface area contributed by atoms with Crippen molar-refractivity contribution in [2.24, 2.45) is 10.8 Å². The lowest BCUT2D eigenvalue weighted by Crippen LogP contribution is -2.29. The molecule has 4 bridgehead atoms. The summed E-state index contributed by atoms with van der Waals surface area (Å²) in [6.07, 6.45) is 1.94. The zero-order valence-corrected chi connectivity index (χ0v) is 31.1. The zero-order chi connectivity index (χ0) is 33.7. The van der Waals surface area contributed by atoms with Gasteiger partial charge in [0.25, 0.3) is 0 Å². The van der Waals surface area contributed by atoms with Gasteiger partial charge in [0.2, 0.25) is 0 Å². The summed E-state index contributed by atoms with van der Waals surface area (Å²) in [5.41, 5.74) is 11.3. The van der Waals surface area contributed by atoms with Gasteiger partial charge in [0.1, 0.15) is 12.2 Å². The fourth-order valence-corrected chi connectivity index (χ4v) is 17.3. The molecular weight excluding hydrogens is 634 g/mol. The maximum atomic E-state index is 7.29. The average Bonchev–Trinajstić information content (AvgIpc) is 3.85. The highest BCUT2D eigenvalue weighted by Crippen LogP contribution is 2.82. The van der Waals surface area contributed by atoms with Gasteiger partial charge in [0.05, 0.1) is 0 Å². The Kier molecular flexibility index (Phi) is 7.30. The van der Waals surface area contributed by atoms with E-state index >= 15 is 0 Å². The largest absolute Gasteiger partial charge is 0.339 e. The first-order valence-corrected chi connectivity index (χ1v) is 20.7. The van der Waals surface area contributed by atoms with E-state index in [4.69, 9.17) is 9.47 Å². The van der Waals surface area contributed by atoms with Gasteiger partial charge in [-0.15, -0.1) is 0 Å². The summed E-state index contributed by atoms with van der Waals surface area (Å²) >= 11 is 0. The van der Waals surface area contributed by atoms with E-state index in [2.05, 4.69) is 163 Å². The van der Waals surface area contributed by atoms with Crippen molar-refractivity contribution >= 4 is 37.6 Å². The lowest BCUT2D eigenvalue weighted by Gasteiger charge is -2.36. The van der Waals surface area contributed by atoms with Crippen molar-refractivity contribution in [3.8, 4) is 0 Å². The molecule has 4 aromatic carbocycles. The first kappa shape index (κ1) is 31.6. The van der Waals surface area contributed by atoms with Crippen molar-refractivity contribution in [2.75, 3.05) is 12.3 Å². The third-order valence-electron chi connectivity index (χ3n) is 11.9. The molecule has 2 nitrogen and oxygen atoms in total. The number of benzene rings is 4. The minimum Gasteiger partial charge on any atom is -0.339 e. The van der Waals surface area contributed by atoms with Crippen LogP contribution in [0.4, 0.5) is 0 Å². The smallest absolute Gasteiger partial charge is 0.164 e. The van der Waals surface area contributed by atoms with Gasteiger partial charge in [-0.05, 0) is 111 Å². The Morgan fingerprint density at radius 1 is 0.469 bits per heavy atom. The fourth-order valence-electron chi connectivity index (χ4n) is 9.57. The Labute approximate surface area is 294 Å². The van der Waals surface area contributed by atoms with Crippen molar-refractivity contribution in [1.29, 1.82) is 0 Å². The van der Waals surface area contributed by atoms with Crippen LogP contribution < -0.4 is 0 Å². The van der Waals surface area contributed by atoms with E-state index in [1.54, 1.807) is 10.6 Å². The van der Waals surface area contributed by atoms with Crippen molar-refractivity contribution < 1.29 is 9.47 Å². The molecule has 0 amide bonds. The highest BCUT2D eigenvalue weighted by Gasteiger charge is 2.61. The number of allylic oxidation sites excluding steroid dienone is 4. The van der Waals surface area contributed by atoms with Crippen LogP contribution in [0.1, 0.15) is 63.8 Å². The highest BCUT2D eigenvalue weighted by atomic mass is 31.1. The predicted molar refractivity (Wildman–Crippen MR) is 208 cm³/mol. The topological polar surface area (TPSA) is 18.5 Å². The van der Waals surface area contributed by atoms with Gasteiger partial charge in [0, 0.05) is 10.8 Å². The maximum absolute atomic E-state index is 7.29. The Morgan fingerprint density at radius 2 is 0.776 bits per heavy atom. The SMILES string of the molecule is CC1=C(c2ccccc2)P2CC1(C)C(c1ccccc1)=C2[C@H]1OC(C)(C)O[C@@H]1C1=C(c2ccccc2)C2(C)CP1C(c1ccccc1)=C2C. The quantitative estimate of drug-likeness (QED) is 0.189. The molecule has 5 aliphatic rings. The van der Waals surface area contributed by atoms with Crippen molar-refractivity contribution in [1.82, 2.24) is 0 Å². The van der Waals surface area contributed by atoms with Gasteiger partial charge in [-0.3, -0.25) is 0 Å². The number of fused-ring (bicyclic) bond motifs is 4. The second kappa shape index (κ2) is 11.3. The summed E-state index contributed by atoms with van der Waals surface area (Å²) in [7, 11) is -1.28. The molecule has 246 valence electrons. The number of rotatable bonds is 6. The third-order valence-corrected chi connectivity index (χ3v) is 18.2. The minimum absolute atomic E-state index is 0.0530. The third kappa shape index (κ3) is 4.61. The first-order valence-electron chi connectivity index (χ1n) is 17.7. The van der Waals surface area contributed by atoms with Crippen LogP contribution in [0.2, 0.25) is 0 Å². The highest BCUT2D eigenvalue weighted by molar-refractivity contribution is 7.74. The van der Waals surface area contributed by atoms with E-state index < -0.39 is 21.6 Å². The van der Waals surface area contributed by atoms with Crippen LogP contribution >= 0.6 is 15.8 Å². The Hall–Kier alpha value is -3.38. The van der Waals surface area contributed by atoms with E-state index in [1.807, 2.05) is 0 Å². The second-order valence-corrected chi connectivity index (χ2v) is 19.4. The van der Waals surface area contributed by atoms with Gasteiger partial charge in [0.15, 0.2) is 5.79 Å². The summed E-state index contributed by atoms with van der Waals surface area (Å²) in [5, 5.41) is 6.08. The molecule has 0 spiro atoms. The lowest BCUT2D eigenvalue weighted by atomic mass is 9.72. The normalized spacial score (nSPS) is 31.6. The second-order valence-electron chi connectivity index (χ2n) is 15.2. The predicted octanol–water partition coefficient (Wildman–Crippen LogP) is 12.2. The standard InChI is InChI=1S/C45H44O2P2/c1-29-39(33-23-15-9-16-24-33)48-27-44(29,5)35(31-19-11-7-12-20-31)41(48)37-38(47-43(3,4)46-37)42-36(32-21-13-8-14-22-32)45(6)28-49(42)40(30(45)2)34-25-17-10-18-26-34/h7-26,37-38H,27-28H2,1-6H3/t37-,38-,44?,45?,48?,49?/m0/s1.